The van der Waals surface area contributed by atoms with Crippen molar-refractivity contribution in [3.8, 4) is 5.75 Å². The molecule has 3 aromatic rings. The van der Waals surface area contributed by atoms with Crippen molar-refractivity contribution < 1.29 is 41.3 Å². The third kappa shape index (κ3) is 7.58. The van der Waals surface area contributed by atoms with Crippen LogP contribution in [0.15, 0.2) is 53.4 Å². The summed E-state index contributed by atoms with van der Waals surface area (Å²) in [6.45, 7) is 1.42. The number of aromatic nitrogens is 1. The number of sulfonamides is 1. The van der Waals surface area contributed by atoms with Crippen molar-refractivity contribution in [3.05, 3.63) is 70.2 Å². The molecular formula is C27H31F3N4O6S2. The third-order valence-electron chi connectivity index (χ3n) is 6.66. The van der Waals surface area contributed by atoms with E-state index in [1.165, 1.54) is 0 Å². The third-order valence-corrected chi connectivity index (χ3v) is 9.72. The van der Waals surface area contributed by atoms with Crippen molar-refractivity contribution in [3.63, 3.8) is 0 Å². The molecule has 1 atom stereocenters. The molecule has 0 aliphatic carbocycles. The largest absolute Gasteiger partial charge is 0.573 e. The minimum absolute atomic E-state index is 0.0843. The maximum Gasteiger partial charge on any atom is 0.573 e. The highest BCUT2D eigenvalue weighted by molar-refractivity contribution is 7.89. The lowest BCUT2D eigenvalue weighted by Gasteiger charge is -2.39. The molecule has 10 nitrogen and oxygen atoms in total. The molecule has 42 heavy (non-hydrogen) atoms. The van der Waals surface area contributed by atoms with Crippen LogP contribution in [-0.4, -0.2) is 65.9 Å². The molecular weight excluding hydrogens is 597 g/mol. The number of nitrogens with zero attached hydrogens (tertiary/aromatic N) is 3. The molecule has 1 aliphatic heterocycles. The Morgan fingerprint density at radius 1 is 1.07 bits per heavy atom. The van der Waals surface area contributed by atoms with Crippen LogP contribution in [0.1, 0.15) is 35.0 Å². The maximum atomic E-state index is 13.7. The number of anilines is 1. The van der Waals surface area contributed by atoms with Gasteiger partial charge in [0.15, 0.2) is 5.13 Å². The van der Waals surface area contributed by atoms with Gasteiger partial charge in [-0.2, -0.15) is 4.31 Å². The van der Waals surface area contributed by atoms with E-state index in [0.29, 0.717) is 15.7 Å². The first-order chi connectivity index (χ1) is 19.9. The number of benzene rings is 2. The minimum atomic E-state index is -4.93. The smallest absolute Gasteiger partial charge is 0.406 e. The van der Waals surface area contributed by atoms with Crippen LogP contribution in [0.25, 0.3) is 0 Å². The lowest BCUT2D eigenvalue weighted by Crippen LogP contribution is -2.60. The molecule has 1 saturated heterocycles. The number of aliphatic hydroxyl groups excluding tert-OH is 2. The maximum absolute atomic E-state index is 13.7. The molecule has 1 amide bonds. The van der Waals surface area contributed by atoms with Crippen molar-refractivity contribution in [1.29, 1.82) is 0 Å². The number of aryl methyl sites for hydroxylation is 1. The summed E-state index contributed by atoms with van der Waals surface area (Å²) in [5.74, 6) is -1.15. The molecule has 0 saturated carbocycles. The number of rotatable bonds is 11. The van der Waals surface area contributed by atoms with Gasteiger partial charge in [0.05, 0.1) is 28.7 Å². The average molecular weight is 629 g/mol. The van der Waals surface area contributed by atoms with Gasteiger partial charge in [0.2, 0.25) is 15.9 Å². The van der Waals surface area contributed by atoms with Gasteiger partial charge in [-0.1, -0.05) is 48.9 Å². The van der Waals surface area contributed by atoms with Gasteiger partial charge in [-0.05, 0) is 41.8 Å². The van der Waals surface area contributed by atoms with Crippen LogP contribution in [-0.2, 0) is 41.0 Å². The fourth-order valence-electron chi connectivity index (χ4n) is 4.56. The molecule has 4 rings (SSSR count). The van der Waals surface area contributed by atoms with Crippen LogP contribution in [0.4, 0.5) is 18.3 Å². The van der Waals surface area contributed by atoms with E-state index in [0.717, 1.165) is 63.9 Å². The Kier molecular flexibility index (Phi) is 10.1. The Hall–Kier alpha value is -3.24. The number of piperazine rings is 1. The van der Waals surface area contributed by atoms with Gasteiger partial charge < -0.3 is 25.2 Å². The second-order valence-corrected chi connectivity index (χ2v) is 12.5. The van der Waals surface area contributed by atoms with Crippen LogP contribution in [0, 0.1) is 0 Å². The minimum Gasteiger partial charge on any atom is -0.406 e. The molecule has 0 radical (unpaired) electrons. The molecule has 1 aromatic heterocycles. The second kappa shape index (κ2) is 13.4. The van der Waals surface area contributed by atoms with Gasteiger partial charge in [-0.25, -0.2) is 13.4 Å². The lowest BCUT2D eigenvalue weighted by molar-refractivity contribution is -0.274. The zero-order valence-electron chi connectivity index (χ0n) is 22.7. The zero-order valence-corrected chi connectivity index (χ0v) is 24.3. The molecule has 1 aliphatic rings. The summed E-state index contributed by atoms with van der Waals surface area (Å²) in [7, 11) is -4.32. The molecule has 228 valence electrons. The first kappa shape index (κ1) is 31.7. The van der Waals surface area contributed by atoms with Crippen LogP contribution in [0.3, 0.4) is 0 Å². The van der Waals surface area contributed by atoms with Gasteiger partial charge >= 0.3 is 6.36 Å². The summed E-state index contributed by atoms with van der Waals surface area (Å²) in [4.78, 5) is 19.7. The van der Waals surface area contributed by atoms with Crippen LogP contribution in [0.2, 0.25) is 0 Å². The Morgan fingerprint density at radius 2 is 1.74 bits per heavy atom. The van der Waals surface area contributed by atoms with Gasteiger partial charge in [-0.3, -0.25) is 4.79 Å². The Labute approximate surface area is 245 Å². The van der Waals surface area contributed by atoms with E-state index < -0.39 is 40.7 Å². The van der Waals surface area contributed by atoms with E-state index in [9.17, 15) is 36.6 Å². The summed E-state index contributed by atoms with van der Waals surface area (Å²) in [6, 6.07) is 10.3. The summed E-state index contributed by atoms with van der Waals surface area (Å²) >= 11 is 1.13. The monoisotopic (exact) mass is 628 g/mol. The van der Waals surface area contributed by atoms with E-state index in [1.54, 1.807) is 4.90 Å². The van der Waals surface area contributed by atoms with Crippen molar-refractivity contribution in [2.45, 2.75) is 56.8 Å². The van der Waals surface area contributed by atoms with E-state index >= 15 is 0 Å². The molecule has 15 heteroatoms. The van der Waals surface area contributed by atoms with E-state index in [1.807, 2.05) is 24.3 Å². The Balaban J connectivity index is 1.58. The lowest BCUT2D eigenvalue weighted by atomic mass is 10.1. The molecule has 0 unspecified atom stereocenters. The van der Waals surface area contributed by atoms with Gasteiger partial charge in [0, 0.05) is 26.2 Å². The summed E-state index contributed by atoms with van der Waals surface area (Å²) in [5, 5.41) is 22.4. The number of hydrogen-bond acceptors (Lipinski definition) is 9. The fraction of sp³-hybridized carbons (Fsp3) is 0.407. The molecule has 0 spiro atoms. The van der Waals surface area contributed by atoms with E-state index in [-0.39, 0.29) is 37.7 Å². The number of hydrogen-bond donors (Lipinski definition) is 3. The highest BCUT2D eigenvalue weighted by Gasteiger charge is 2.41. The number of carbonyl (C=O) groups excluding carboxylic acids is 1. The Morgan fingerprint density at radius 3 is 2.31 bits per heavy atom. The quantitative estimate of drug-likeness (QED) is 0.295. The van der Waals surface area contributed by atoms with Crippen molar-refractivity contribution in [2.75, 3.05) is 24.5 Å². The number of halogens is 3. The van der Waals surface area contributed by atoms with Crippen molar-refractivity contribution in [2.24, 2.45) is 0 Å². The van der Waals surface area contributed by atoms with Crippen molar-refractivity contribution in [1.82, 2.24) is 14.6 Å². The van der Waals surface area contributed by atoms with E-state index in [4.69, 9.17) is 0 Å². The van der Waals surface area contributed by atoms with E-state index in [2.05, 4.69) is 22.0 Å². The van der Waals surface area contributed by atoms with Gasteiger partial charge in [0.25, 0.3) is 0 Å². The second-order valence-electron chi connectivity index (χ2n) is 9.56. The van der Waals surface area contributed by atoms with Crippen molar-refractivity contribution >= 4 is 32.4 Å². The highest BCUT2D eigenvalue weighted by atomic mass is 32.2. The molecule has 1 fully saturated rings. The SMILES string of the molecule is CCCc1ccc(CNC(=O)[C@H]2CN(c3nc(CO)c(CO)s3)CCN2S(=O)(=O)c2ccc(OC(F)(F)F)cc2)cc1. The molecule has 2 aromatic carbocycles. The number of nitrogens with one attached hydrogen (secondary N) is 1. The number of carbonyl (C=O) groups is 1. The number of ether oxygens (including phenoxy) is 1. The van der Waals surface area contributed by atoms with Crippen LogP contribution < -0.4 is 15.0 Å². The zero-order chi connectivity index (χ0) is 30.5. The molecule has 0 bridgehead atoms. The van der Waals surface area contributed by atoms with Gasteiger partial charge in [-0.15, -0.1) is 13.2 Å². The Bertz CT molecular complexity index is 1440. The standard InChI is InChI=1S/C27H31F3N4O6S2/c1-2-3-18-4-6-19(7-5-18)14-31-25(37)23-15-33(26-32-22(16-35)24(17-36)41-26)12-13-34(23)42(38,39)21-10-8-20(9-11-21)40-27(28,29)30/h4-11,23,35-36H,2-3,12-17H2,1H3,(H,31,37)/t23-/m1/s1. The van der Waals surface area contributed by atoms with Gasteiger partial charge in [0.1, 0.15) is 11.8 Å². The summed E-state index contributed by atoms with van der Waals surface area (Å²) in [5.41, 5.74) is 2.28. The number of aliphatic hydroxyl groups is 2. The first-order valence-corrected chi connectivity index (χ1v) is 15.4. The fourth-order valence-corrected chi connectivity index (χ4v) is 7.10. The number of amides is 1. The summed E-state index contributed by atoms with van der Waals surface area (Å²) < 4.78 is 69.9. The normalized spacial score (nSPS) is 16.4. The molecule has 3 N–H and O–H groups in total. The molecule has 2 heterocycles. The average Bonchev–Trinajstić information content (AvgIpc) is 3.39. The predicted molar refractivity (Wildman–Crippen MR) is 149 cm³/mol. The highest BCUT2D eigenvalue weighted by Crippen LogP contribution is 2.31. The van der Waals surface area contributed by atoms with Crippen LogP contribution in [0.5, 0.6) is 5.75 Å². The number of thiazole rings is 1. The topological polar surface area (TPSA) is 132 Å². The summed E-state index contributed by atoms with van der Waals surface area (Å²) in [6.07, 6.45) is -3.01. The predicted octanol–water partition coefficient (Wildman–Crippen LogP) is 3.17. The first-order valence-electron chi connectivity index (χ1n) is 13.1. The number of alkyl halides is 3. The van der Waals surface area contributed by atoms with Crippen LogP contribution >= 0.6 is 11.3 Å².